The molecule has 0 spiro atoms. The zero-order valence-corrected chi connectivity index (χ0v) is 17.5. The third-order valence-corrected chi connectivity index (χ3v) is 4.56. The molecule has 0 saturated carbocycles. The van der Waals surface area contributed by atoms with Crippen LogP contribution in [0.15, 0.2) is 17.1 Å². The molecule has 8 heteroatoms. The van der Waals surface area contributed by atoms with Crippen molar-refractivity contribution >= 4 is 5.96 Å². The second-order valence-electron chi connectivity index (χ2n) is 6.62. The Bertz CT molecular complexity index is 607. The summed E-state index contributed by atoms with van der Waals surface area (Å²) < 4.78 is 27.5. The number of aliphatic imine (C=N–C) groups is 1. The van der Waals surface area contributed by atoms with E-state index in [9.17, 15) is 0 Å². The number of benzene rings is 1. The van der Waals surface area contributed by atoms with Gasteiger partial charge in [-0.05, 0) is 19.8 Å². The molecular formula is C20H33N3O5. The molecule has 2 N–H and O–H groups in total. The number of guanidine groups is 1. The van der Waals surface area contributed by atoms with E-state index < -0.39 is 0 Å². The van der Waals surface area contributed by atoms with E-state index in [0.717, 1.165) is 36.0 Å². The number of hydrogen-bond acceptors (Lipinski definition) is 6. The van der Waals surface area contributed by atoms with E-state index in [1.807, 2.05) is 12.1 Å². The molecule has 1 aromatic carbocycles. The summed E-state index contributed by atoms with van der Waals surface area (Å²) in [5.74, 6) is 2.90. The van der Waals surface area contributed by atoms with Crippen molar-refractivity contribution in [2.75, 3.05) is 54.7 Å². The monoisotopic (exact) mass is 395 g/mol. The van der Waals surface area contributed by atoms with Crippen LogP contribution in [-0.4, -0.2) is 72.8 Å². The van der Waals surface area contributed by atoms with Crippen LogP contribution >= 0.6 is 0 Å². The summed E-state index contributed by atoms with van der Waals surface area (Å²) in [5, 5.41) is 6.67. The van der Waals surface area contributed by atoms with Crippen LogP contribution in [0.25, 0.3) is 0 Å². The van der Waals surface area contributed by atoms with Crippen molar-refractivity contribution in [3.05, 3.63) is 17.7 Å². The molecular weight excluding hydrogens is 362 g/mol. The van der Waals surface area contributed by atoms with Crippen molar-refractivity contribution in [2.45, 2.75) is 31.9 Å². The lowest BCUT2D eigenvalue weighted by atomic mass is 10.1. The van der Waals surface area contributed by atoms with E-state index in [-0.39, 0.29) is 12.1 Å². The predicted molar refractivity (Wildman–Crippen MR) is 109 cm³/mol. The first kappa shape index (κ1) is 22.1. The van der Waals surface area contributed by atoms with Gasteiger partial charge in [-0.25, -0.2) is 0 Å². The lowest BCUT2D eigenvalue weighted by Crippen LogP contribution is -2.45. The Morgan fingerprint density at radius 3 is 2.46 bits per heavy atom. The number of rotatable bonds is 10. The molecule has 0 radical (unpaired) electrons. The standard InChI is InChI=1S/C20H33N3O5/c1-14(12-28-15-7-9-27-13-15)23-20(21-2)22-8-6-17-18(25-4)10-16(24-3)11-19(17)26-5/h10-11,14-15H,6-9,12-13H2,1-5H3,(H2,21,22,23). The summed E-state index contributed by atoms with van der Waals surface area (Å²) in [6, 6.07) is 3.85. The third kappa shape index (κ3) is 6.45. The quantitative estimate of drug-likeness (QED) is 0.460. The second-order valence-corrected chi connectivity index (χ2v) is 6.62. The van der Waals surface area contributed by atoms with E-state index in [1.165, 1.54) is 0 Å². The highest BCUT2D eigenvalue weighted by Crippen LogP contribution is 2.34. The molecule has 1 aromatic rings. The molecule has 2 atom stereocenters. The van der Waals surface area contributed by atoms with Gasteiger partial charge < -0.3 is 34.3 Å². The largest absolute Gasteiger partial charge is 0.496 e. The fraction of sp³-hybridized carbons (Fsp3) is 0.650. The molecule has 0 aromatic heterocycles. The Balaban J connectivity index is 1.84. The van der Waals surface area contributed by atoms with E-state index >= 15 is 0 Å². The van der Waals surface area contributed by atoms with Crippen molar-refractivity contribution < 1.29 is 23.7 Å². The lowest BCUT2D eigenvalue weighted by molar-refractivity contribution is 0.0347. The van der Waals surface area contributed by atoms with Crippen LogP contribution in [0.4, 0.5) is 0 Å². The predicted octanol–water partition coefficient (Wildman–Crippen LogP) is 1.61. The van der Waals surface area contributed by atoms with E-state index in [2.05, 4.69) is 22.5 Å². The van der Waals surface area contributed by atoms with Gasteiger partial charge in [0.25, 0.3) is 0 Å². The second kappa shape index (κ2) is 11.6. The van der Waals surface area contributed by atoms with Crippen LogP contribution in [0.2, 0.25) is 0 Å². The molecule has 0 aliphatic carbocycles. The number of hydrogen-bond donors (Lipinski definition) is 2. The molecule has 0 bridgehead atoms. The fourth-order valence-electron chi connectivity index (χ4n) is 3.02. The molecule has 1 heterocycles. The summed E-state index contributed by atoms with van der Waals surface area (Å²) in [4.78, 5) is 4.28. The van der Waals surface area contributed by atoms with Crippen LogP contribution in [-0.2, 0) is 15.9 Å². The van der Waals surface area contributed by atoms with Gasteiger partial charge in [-0.15, -0.1) is 0 Å². The van der Waals surface area contributed by atoms with Crippen LogP contribution in [0.3, 0.4) is 0 Å². The van der Waals surface area contributed by atoms with Crippen LogP contribution < -0.4 is 24.8 Å². The van der Waals surface area contributed by atoms with E-state index in [1.54, 1.807) is 28.4 Å². The highest BCUT2D eigenvalue weighted by molar-refractivity contribution is 5.79. The summed E-state index contributed by atoms with van der Waals surface area (Å²) in [7, 11) is 6.66. The summed E-state index contributed by atoms with van der Waals surface area (Å²) in [6.45, 7) is 4.81. The van der Waals surface area contributed by atoms with Crippen LogP contribution in [0.5, 0.6) is 17.2 Å². The van der Waals surface area contributed by atoms with Crippen LogP contribution in [0.1, 0.15) is 18.9 Å². The topological polar surface area (TPSA) is 82.6 Å². The highest BCUT2D eigenvalue weighted by atomic mass is 16.5. The molecule has 1 saturated heterocycles. The van der Waals surface area contributed by atoms with Crippen molar-refractivity contribution in [2.24, 2.45) is 4.99 Å². The minimum atomic E-state index is 0.136. The summed E-state index contributed by atoms with van der Waals surface area (Å²) >= 11 is 0. The highest BCUT2D eigenvalue weighted by Gasteiger charge is 2.17. The van der Waals surface area contributed by atoms with Crippen molar-refractivity contribution in [3.63, 3.8) is 0 Å². The van der Waals surface area contributed by atoms with Gasteiger partial charge in [-0.1, -0.05) is 0 Å². The third-order valence-electron chi connectivity index (χ3n) is 4.56. The Hall–Kier alpha value is -2.19. The van der Waals surface area contributed by atoms with E-state index in [4.69, 9.17) is 23.7 Å². The zero-order chi connectivity index (χ0) is 20.4. The molecule has 0 amide bonds. The number of nitrogens with one attached hydrogen (secondary N) is 2. The summed E-state index contributed by atoms with van der Waals surface area (Å²) in [6.07, 6.45) is 1.88. The molecule has 1 aliphatic heterocycles. The number of ether oxygens (including phenoxy) is 5. The molecule has 1 fully saturated rings. The van der Waals surface area contributed by atoms with Gasteiger partial charge in [-0.3, -0.25) is 4.99 Å². The van der Waals surface area contributed by atoms with Crippen LogP contribution in [0, 0.1) is 0 Å². The molecule has 28 heavy (non-hydrogen) atoms. The number of methoxy groups -OCH3 is 3. The van der Waals surface area contributed by atoms with Crippen molar-refractivity contribution in [3.8, 4) is 17.2 Å². The fourth-order valence-corrected chi connectivity index (χ4v) is 3.02. The minimum Gasteiger partial charge on any atom is -0.496 e. The summed E-state index contributed by atoms with van der Waals surface area (Å²) in [5.41, 5.74) is 0.978. The first-order valence-electron chi connectivity index (χ1n) is 9.56. The van der Waals surface area contributed by atoms with Gasteiger partial charge in [0.1, 0.15) is 17.2 Å². The Morgan fingerprint density at radius 1 is 1.21 bits per heavy atom. The maximum absolute atomic E-state index is 5.85. The molecule has 2 rings (SSSR count). The normalized spacial score (nSPS) is 17.9. The SMILES string of the molecule is CN=C(NCCc1c(OC)cc(OC)cc1OC)NC(C)COC1CCOC1. The van der Waals surface area contributed by atoms with Gasteiger partial charge in [0.2, 0.25) is 0 Å². The van der Waals surface area contributed by atoms with Gasteiger partial charge >= 0.3 is 0 Å². The van der Waals surface area contributed by atoms with Gasteiger partial charge in [0.05, 0.1) is 40.6 Å². The Kier molecular flexibility index (Phi) is 9.16. The molecule has 8 nitrogen and oxygen atoms in total. The zero-order valence-electron chi connectivity index (χ0n) is 17.5. The van der Waals surface area contributed by atoms with Crippen molar-refractivity contribution in [1.29, 1.82) is 0 Å². The maximum Gasteiger partial charge on any atom is 0.191 e. The maximum atomic E-state index is 5.85. The van der Waals surface area contributed by atoms with Gasteiger partial charge in [0.15, 0.2) is 5.96 Å². The minimum absolute atomic E-state index is 0.136. The molecule has 1 aliphatic rings. The lowest BCUT2D eigenvalue weighted by Gasteiger charge is -2.20. The number of nitrogens with zero attached hydrogens (tertiary/aromatic N) is 1. The first-order valence-corrected chi connectivity index (χ1v) is 9.56. The van der Waals surface area contributed by atoms with Gasteiger partial charge in [-0.2, -0.15) is 0 Å². The average molecular weight is 396 g/mol. The average Bonchev–Trinajstić information content (AvgIpc) is 3.24. The van der Waals surface area contributed by atoms with Crippen molar-refractivity contribution in [1.82, 2.24) is 10.6 Å². The molecule has 2 unspecified atom stereocenters. The Morgan fingerprint density at radius 2 is 1.93 bits per heavy atom. The molecule has 158 valence electrons. The smallest absolute Gasteiger partial charge is 0.191 e. The van der Waals surface area contributed by atoms with E-state index in [0.29, 0.717) is 31.9 Å². The van der Waals surface area contributed by atoms with Gasteiger partial charge in [0, 0.05) is 43.9 Å². The first-order chi connectivity index (χ1) is 13.6. The Labute approximate surface area is 167 Å².